The molecule has 72 valence electrons. The first-order valence-electron chi connectivity index (χ1n) is 4.62. The molecule has 0 aromatic carbocycles. The van der Waals surface area contributed by atoms with Crippen molar-refractivity contribution < 1.29 is 0 Å². The molecule has 0 saturated carbocycles. The third-order valence-electron chi connectivity index (χ3n) is 1.38. The molecular formula is C12H18S. The van der Waals surface area contributed by atoms with Crippen molar-refractivity contribution in [1.82, 2.24) is 0 Å². The lowest BCUT2D eigenvalue weighted by Crippen LogP contribution is -1.65. The maximum atomic E-state index is 2.16. The molecule has 0 bridgehead atoms. The fraction of sp³-hybridized carbons (Fsp3) is 0.333. The molecule has 0 spiro atoms. The Hall–Kier alpha value is -0.690. The Bertz CT molecular complexity index is 219. The van der Waals surface area contributed by atoms with E-state index in [2.05, 4.69) is 43.6 Å². The maximum absolute atomic E-state index is 2.16. The molecule has 0 aliphatic rings. The van der Waals surface area contributed by atoms with Gasteiger partial charge in [0.05, 0.1) is 0 Å². The second-order valence-electron chi connectivity index (χ2n) is 2.47. The van der Waals surface area contributed by atoms with E-state index in [1.54, 1.807) is 11.8 Å². The van der Waals surface area contributed by atoms with Crippen molar-refractivity contribution in [1.29, 1.82) is 0 Å². The van der Waals surface area contributed by atoms with Crippen molar-refractivity contribution in [2.75, 3.05) is 0 Å². The van der Waals surface area contributed by atoms with Crippen LogP contribution in [0.1, 0.15) is 27.2 Å². The fourth-order valence-corrected chi connectivity index (χ4v) is 1.43. The summed E-state index contributed by atoms with van der Waals surface area (Å²) in [6.07, 6.45) is 13.6. The van der Waals surface area contributed by atoms with Crippen LogP contribution in [0.3, 0.4) is 0 Å². The zero-order chi connectivity index (χ0) is 9.94. The molecule has 0 aromatic rings. The van der Waals surface area contributed by atoms with Gasteiger partial charge in [0.15, 0.2) is 0 Å². The second kappa shape index (κ2) is 9.40. The van der Waals surface area contributed by atoms with E-state index in [1.807, 2.05) is 19.1 Å². The Morgan fingerprint density at radius 3 is 2.54 bits per heavy atom. The molecule has 0 rings (SSSR count). The summed E-state index contributed by atoms with van der Waals surface area (Å²) in [5.74, 6) is 0. The van der Waals surface area contributed by atoms with Crippen LogP contribution in [0, 0.1) is 0 Å². The van der Waals surface area contributed by atoms with Crippen LogP contribution in [-0.2, 0) is 0 Å². The van der Waals surface area contributed by atoms with Crippen molar-refractivity contribution in [3.8, 4) is 0 Å². The van der Waals surface area contributed by atoms with Crippen LogP contribution in [0.2, 0.25) is 0 Å². The molecule has 13 heavy (non-hydrogen) atoms. The molecule has 1 heteroatoms. The highest BCUT2D eigenvalue weighted by molar-refractivity contribution is 8.06. The quantitative estimate of drug-likeness (QED) is 0.573. The lowest BCUT2D eigenvalue weighted by molar-refractivity contribution is 1.23. The van der Waals surface area contributed by atoms with Crippen LogP contribution in [-0.4, -0.2) is 0 Å². The van der Waals surface area contributed by atoms with Gasteiger partial charge >= 0.3 is 0 Å². The highest BCUT2D eigenvalue weighted by atomic mass is 32.2. The summed E-state index contributed by atoms with van der Waals surface area (Å²) in [5, 5.41) is 2.13. The summed E-state index contributed by atoms with van der Waals surface area (Å²) in [6.45, 7) is 6.22. The van der Waals surface area contributed by atoms with Gasteiger partial charge in [-0.25, -0.2) is 0 Å². The standard InChI is InChI=1S/C12H18S/c1-4-7-9-10-12(6-3)13-11-8-5-2/h4,6-11H,5H2,1-3H3/b7-4-,10-9-,11-8+,12-6+. The highest BCUT2D eigenvalue weighted by Crippen LogP contribution is 2.18. The van der Waals surface area contributed by atoms with Gasteiger partial charge in [-0.05, 0) is 31.8 Å². The summed E-state index contributed by atoms with van der Waals surface area (Å²) in [5.41, 5.74) is 0. The predicted molar refractivity (Wildman–Crippen MR) is 64.7 cm³/mol. The Morgan fingerprint density at radius 2 is 2.00 bits per heavy atom. The molecule has 0 heterocycles. The van der Waals surface area contributed by atoms with Crippen LogP contribution < -0.4 is 0 Å². The van der Waals surface area contributed by atoms with Gasteiger partial charge in [-0.2, -0.15) is 0 Å². The average Bonchev–Trinajstić information content (AvgIpc) is 2.16. The summed E-state index contributed by atoms with van der Waals surface area (Å²) < 4.78 is 0. The molecule has 0 amide bonds. The Morgan fingerprint density at radius 1 is 1.23 bits per heavy atom. The third kappa shape index (κ3) is 7.66. The van der Waals surface area contributed by atoms with E-state index in [0.717, 1.165) is 6.42 Å². The molecule has 0 saturated heterocycles. The van der Waals surface area contributed by atoms with Gasteiger partial charge in [0, 0.05) is 4.91 Å². The number of thioether (sulfide) groups is 1. The molecule has 0 nitrogen and oxygen atoms in total. The molecule has 0 N–H and O–H groups in total. The molecule has 0 radical (unpaired) electrons. The van der Waals surface area contributed by atoms with Crippen LogP contribution in [0.25, 0.3) is 0 Å². The van der Waals surface area contributed by atoms with Gasteiger partial charge in [-0.1, -0.05) is 49.1 Å². The van der Waals surface area contributed by atoms with Gasteiger partial charge in [-0.15, -0.1) is 0 Å². The minimum atomic E-state index is 1.10. The van der Waals surface area contributed by atoms with Crippen molar-refractivity contribution in [2.24, 2.45) is 0 Å². The summed E-state index contributed by atoms with van der Waals surface area (Å²) in [6, 6.07) is 0. The van der Waals surface area contributed by atoms with E-state index in [1.165, 1.54) is 4.91 Å². The van der Waals surface area contributed by atoms with Crippen LogP contribution in [0.4, 0.5) is 0 Å². The van der Waals surface area contributed by atoms with Crippen LogP contribution >= 0.6 is 11.8 Å². The smallest absolute Gasteiger partial charge is 0.00730 e. The lowest BCUT2D eigenvalue weighted by Gasteiger charge is -1.93. The minimum Gasteiger partial charge on any atom is -0.0988 e. The van der Waals surface area contributed by atoms with E-state index in [9.17, 15) is 0 Å². The highest BCUT2D eigenvalue weighted by Gasteiger charge is 1.85. The van der Waals surface area contributed by atoms with Gasteiger partial charge < -0.3 is 0 Å². The predicted octanol–water partition coefficient (Wildman–Crippen LogP) is 4.68. The molecule has 0 fully saturated rings. The topological polar surface area (TPSA) is 0 Å². The third-order valence-corrected chi connectivity index (χ3v) is 2.36. The first kappa shape index (κ1) is 12.3. The van der Waals surface area contributed by atoms with Gasteiger partial charge in [-0.3, -0.25) is 0 Å². The lowest BCUT2D eigenvalue weighted by atomic mass is 10.4. The van der Waals surface area contributed by atoms with E-state index in [4.69, 9.17) is 0 Å². The van der Waals surface area contributed by atoms with E-state index < -0.39 is 0 Å². The van der Waals surface area contributed by atoms with Crippen LogP contribution in [0.5, 0.6) is 0 Å². The zero-order valence-electron chi connectivity index (χ0n) is 8.66. The first-order chi connectivity index (χ1) is 6.35. The van der Waals surface area contributed by atoms with Crippen molar-refractivity contribution in [3.63, 3.8) is 0 Å². The van der Waals surface area contributed by atoms with Gasteiger partial charge in [0.1, 0.15) is 0 Å². The SMILES string of the molecule is C\C=C/C=C\C(=C/C)S/C=C/CC. The minimum absolute atomic E-state index is 1.10. The normalized spacial score (nSPS) is 13.9. The molecule has 0 unspecified atom stereocenters. The maximum Gasteiger partial charge on any atom is 0.00730 e. The van der Waals surface area contributed by atoms with Crippen molar-refractivity contribution >= 4 is 11.8 Å². The van der Waals surface area contributed by atoms with Crippen molar-refractivity contribution in [3.05, 3.63) is 46.8 Å². The molecular weight excluding hydrogens is 176 g/mol. The molecule has 0 aliphatic heterocycles. The summed E-state index contributed by atoms with van der Waals surface area (Å²) in [4.78, 5) is 1.28. The van der Waals surface area contributed by atoms with E-state index in [0.29, 0.717) is 0 Å². The Kier molecular flexibility index (Phi) is 8.90. The first-order valence-corrected chi connectivity index (χ1v) is 5.50. The van der Waals surface area contributed by atoms with E-state index >= 15 is 0 Å². The summed E-state index contributed by atoms with van der Waals surface area (Å²) in [7, 11) is 0. The second-order valence-corrected chi connectivity index (χ2v) is 3.45. The Labute approximate surface area is 86.1 Å². The monoisotopic (exact) mass is 194 g/mol. The average molecular weight is 194 g/mol. The number of allylic oxidation sites excluding steroid dienone is 6. The van der Waals surface area contributed by atoms with Crippen molar-refractivity contribution in [2.45, 2.75) is 27.2 Å². The van der Waals surface area contributed by atoms with E-state index in [-0.39, 0.29) is 0 Å². The summed E-state index contributed by atoms with van der Waals surface area (Å²) >= 11 is 1.76. The van der Waals surface area contributed by atoms with Gasteiger partial charge in [0.25, 0.3) is 0 Å². The number of hydrogen-bond donors (Lipinski definition) is 0. The molecule has 0 aromatic heterocycles. The number of rotatable bonds is 5. The van der Waals surface area contributed by atoms with Crippen LogP contribution in [0.15, 0.2) is 46.8 Å². The molecule has 0 atom stereocenters. The van der Waals surface area contributed by atoms with Gasteiger partial charge in [0.2, 0.25) is 0 Å². The largest absolute Gasteiger partial charge is 0.0988 e. The zero-order valence-corrected chi connectivity index (χ0v) is 9.47. The Balaban J connectivity index is 3.98. The number of hydrogen-bond acceptors (Lipinski definition) is 1. The molecule has 0 aliphatic carbocycles. The fourth-order valence-electron chi connectivity index (χ4n) is 0.688.